The molecule has 0 unspecified atom stereocenters. The molecule has 0 spiro atoms. The van der Waals surface area contributed by atoms with Gasteiger partial charge in [-0.15, -0.1) is 0 Å². The second kappa shape index (κ2) is 9.73. The van der Waals surface area contributed by atoms with Crippen LogP contribution >= 0.6 is 0 Å². The second-order valence-corrected chi connectivity index (χ2v) is 10.5. The molecule has 0 radical (unpaired) electrons. The van der Waals surface area contributed by atoms with Gasteiger partial charge < -0.3 is 10.2 Å². The zero-order valence-corrected chi connectivity index (χ0v) is 20.7. The van der Waals surface area contributed by atoms with Crippen molar-refractivity contribution >= 4 is 39.0 Å². The van der Waals surface area contributed by atoms with Crippen LogP contribution in [0.15, 0.2) is 61.7 Å². The van der Waals surface area contributed by atoms with Crippen LogP contribution in [0.5, 0.6) is 0 Å². The number of sulfonamides is 1. The number of ether oxygens (including phenoxy) is 1. The minimum absolute atomic E-state index is 0.116. The molecule has 1 fully saturated rings. The van der Waals surface area contributed by atoms with Gasteiger partial charge in [0.1, 0.15) is 0 Å². The van der Waals surface area contributed by atoms with Crippen LogP contribution in [-0.4, -0.2) is 42.0 Å². The van der Waals surface area contributed by atoms with E-state index in [9.17, 15) is 18.0 Å². The lowest BCUT2D eigenvalue weighted by molar-refractivity contribution is -0.147. The van der Waals surface area contributed by atoms with E-state index in [4.69, 9.17) is 4.74 Å². The molecule has 1 N–H and O–H groups in total. The summed E-state index contributed by atoms with van der Waals surface area (Å²) in [5, 5.41) is 4.24. The Hall–Kier alpha value is -3.73. The average Bonchev–Trinajstić information content (AvgIpc) is 3.24. The van der Waals surface area contributed by atoms with Crippen LogP contribution in [0.25, 0.3) is 11.0 Å². The first-order valence-electron chi connectivity index (χ1n) is 12.0. The van der Waals surface area contributed by atoms with E-state index in [0.29, 0.717) is 29.6 Å². The highest BCUT2D eigenvalue weighted by Gasteiger charge is 2.28. The number of rotatable bonds is 9. The van der Waals surface area contributed by atoms with Crippen molar-refractivity contribution in [3.05, 3.63) is 64.1 Å². The molecule has 1 aliphatic carbocycles. The first-order chi connectivity index (χ1) is 17.4. The molecule has 2 aliphatic rings. The van der Waals surface area contributed by atoms with Crippen LogP contribution < -0.4 is 11.1 Å². The van der Waals surface area contributed by atoms with Crippen molar-refractivity contribution in [3.63, 3.8) is 0 Å². The number of nitrogens with one attached hydrogen (secondary N) is 1. The zero-order chi connectivity index (χ0) is 25.3. The lowest BCUT2D eigenvalue weighted by atomic mass is 9.93. The SMILES string of the molecule is CCCC(=O)OCn1c(=O)n(C2CCC2)c2cc(/C=N/NCC3=NS(=O)(=O)c4ccccc43)ccc21. The summed E-state index contributed by atoms with van der Waals surface area (Å²) in [4.78, 5) is 25.3. The van der Waals surface area contributed by atoms with Gasteiger partial charge in [0.05, 0.1) is 34.4 Å². The van der Waals surface area contributed by atoms with Crippen molar-refractivity contribution in [3.8, 4) is 0 Å². The molecular formula is C25H27N5O5S. The molecule has 2 heterocycles. The Bertz CT molecular complexity index is 1550. The number of carbonyl (C=O) groups is 1. The third-order valence-corrected chi connectivity index (χ3v) is 7.87. The summed E-state index contributed by atoms with van der Waals surface area (Å²) in [7, 11) is -3.66. The average molecular weight is 510 g/mol. The van der Waals surface area contributed by atoms with Gasteiger partial charge in [0, 0.05) is 18.0 Å². The summed E-state index contributed by atoms with van der Waals surface area (Å²) in [6.07, 6.45) is 5.55. The van der Waals surface area contributed by atoms with E-state index in [1.165, 1.54) is 10.6 Å². The number of esters is 1. The Balaban J connectivity index is 1.35. The minimum Gasteiger partial charge on any atom is -0.444 e. The van der Waals surface area contributed by atoms with Crippen molar-refractivity contribution in [2.45, 2.75) is 56.7 Å². The Morgan fingerprint density at radius 3 is 2.78 bits per heavy atom. The number of hydrazone groups is 1. The lowest BCUT2D eigenvalue weighted by Gasteiger charge is -2.26. The zero-order valence-electron chi connectivity index (χ0n) is 19.9. The Morgan fingerprint density at radius 1 is 1.22 bits per heavy atom. The lowest BCUT2D eigenvalue weighted by Crippen LogP contribution is -2.31. The third-order valence-electron chi connectivity index (χ3n) is 6.49. The molecule has 3 aromatic rings. The first-order valence-corrected chi connectivity index (χ1v) is 13.4. The van der Waals surface area contributed by atoms with E-state index >= 15 is 0 Å². The van der Waals surface area contributed by atoms with Gasteiger partial charge in [-0.25, -0.2) is 4.79 Å². The maximum absolute atomic E-state index is 13.2. The van der Waals surface area contributed by atoms with Gasteiger partial charge in [-0.3, -0.25) is 13.9 Å². The Labute approximate surface area is 208 Å². The summed E-state index contributed by atoms with van der Waals surface area (Å²) in [6.45, 7) is 1.94. The van der Waals surface area contributed by atoms with Crippen LogP contribution in [-0.2, 0) is 26.3 Å². The quantitative estimate of drug-likeness (QED) is 0.269. The number of carbonyl (C=O) groups excluding carboxylic acids is 1. The van der Waals surface area contributed by atoms with Crippen LogP contribution in [0.4, 0.5) is 0 Å². The maximum atomic E-state index is 13.2. The topological polar surface area (TPSA) is 124 Å². The summed E-state index contributed by atoms with van der Waals surface area (Å²) in [5.41, 5.74) is 5.89. The van der Waals surface area contributed by atoms with E-state index in [1.807, 2.05) is 25.1 Å². The molecule has 1 aliphatic heterocycles. The summed E-state index contributed by atoms with van der Waals surface area (Å²) >= 11 is 0. The van der Waals surface area contributed by atoms with Crippen molar-refractivity contribution < 1.29 is 17.9 Å². The summed E-state index contributed by atoms with van der Waals surface area (Å²) in [5.74, 6) is -0.328. The molecule has 188 valence electrons. The fourth-order valence-electron chi connectivity index (χ4n) is 4.46. The van der Waals surface area contributed by atoms with Crippen molar-refractivity contribution in [1.82, 2.24) is 14.6 Å². The molecule has 5 rings (SSSR count). The minimum atomic E-state index is -3.66. The van der Waals surface area contributed by atoms with Gasteiger partial charge in [0.2, 0.25) is 0 Å². The fourth-order valence-corrected chi connectivity index (χ4v) is 5.72. The molecule has 10 nitrogen and oxygen atoms in total. The van der Waals surface area contributed by atoms with Crippen molar-refractivity contribution in [1.29, 1.82) is 0 Å². The summed E-state index contributed by atoms with van der Waals surface area (Å²) in [6, 6.07) is 12.4. The van der Waals surface area contributed by atoms with E-state index in [1.54, 1.807) is 29.0 Å². The molecule has 1 aromatic heterocycles. The van der Waals surface area contributed by atoms with Gasteiger partial charge in [-0.1, -0.05) is 31.2 Å². The molecule has 2 aromatic carbocycles. The Morgan fingerprint density at radius 2 is 2.03 bits per heavy atom. The van der Waals surface area contributed by atoms with Crippen LogP contribution in [0.1, 0.15) is 56.2 Å². The van der Waals surface area contributed by atoms with E-state index in [-0.39, 0.29) is 35.9 Å². The van der Waals surface area contributed by atoms with Crippen LogP contribution in [0.3, 0.4) is 0 Å². The molecule has 0 bridgehead atoms. The second-order valence-electron chi connectivity index (χ2n) is 8.91. The Kier molecular flexibility index (Phi) is 6.48. The van der Waals surface area contributed by atoms with Crippen molar-refractivity contribution in [2.24, 2.45) is 9.50 Å². The van der Waals surface area contributed by atoms with Crippen LogP contribution in [0.2, 0.25) is 0 Å². The molecular weight excluding hydrogens is 482 g/mol. The van der Waals surface area contributed by atoms with Gasteiger partial charge >= 0.3 is 11.7 Å². The predicted octanol–water partition coefficient (Wildman–Crippen LogP) is 2.94. The molecule has 11 heteroatoms. The fraction of sp³-hybridized carbons (Fsp3) is 0.360. The van der Waals surface area contributed by atoms with Crippen molar-refractivity contribution in [2.75, 3.05) is 6.54 Å². The van der Waals surface area contributed by atoms with E-state index in [0.717, 1.165) is 30.3 Å². The number of aromatic nitrogens is 2. The number of benzene rings is 2. The number of hydrogen-bond acceptors (Lipinski definition) is 7. The molecule has 36 heavy (non-hydrogen) atoms. The molecule has 0 saturated heterocycles. The van der Waals surface area contributed by atoms with Gasteiger partial charge in [0.15, 0.2) is 6.73 Å². The normalized spacial score (nSPS) is 16.6. The predicted molar refractivity (Wildman–Crippen MR) is 136 cm³/mol. The van der Waals surface area contributed by atoms with Crippen LogP contribution in [0, 0.1) is 0 Å². The summed E-state index contributed by atoms with van der Waals surface area (Å²) < 4.78 is 36.8. The molecule has 0 amide bonds. The van der Waals surface area contributed by atoms with Gasteiger partial charge in [-0.2, -0.15) is 17.9 Å². The number of fused-ring (bicyclic) bond motifs is 2. The van der Waals surface area contributed by atoms with E-state index < -0.39 is 10.0 Å². The van der Waals surface area contributed by atoms with Gasteiger partial charge in [-0.05, 0) is 49.4 Å². The highest BCUT2D eigenvalue weighted by Crippen LogP contribution is 2.33. The highest BCUT2D eigenvalue weighted by atomic mass is 32.2. The monoisotopic (exact) mass is 509 g/mol. The standard InChI is InChI=1S/C25H27N5O5S/c1-2-6-24(31)35-16-29-21-12-11-17(13-22(21)30(25(29)32)18-7-5-8-18)14-26-27-15-20-19-9-3-4-10-23(19)36(33,34)28-20/h3-4,9-14,18,27H,2,5-8,15-16H2,1H3/b26-14+. The largest absolute Gasteiger partial charge is 0.444 e. The number of nitrogens with zero attached hydrogens (tertiary/aromatic N) is 4. The van der Waals surface area contributed by atoms with E-state index in [2.05, 4.69) is 14.9 Å². The van der Waals surface area contributed by atoms with Gasteiger partial charge in [0.25, 0.3) is 10.0 Å². The number of hydrogen-bond donors (Lipinski definition) is 1. The first kappa shape index (κ1) is 24.0. The smallest absolute Gasteiger partial charge is 0.332 e. The highest BCUT2D eigenvalue weighted by molar-refractivity contribution is 7.90. The molecule has 0 atom stereocenters. The third kappa shape index (κ3) is 4.46. The number of imidazole rings is 1. The maximum Gasteiger partial charge on any atom is 0.332 e. The molecule has 1 saturated carbocycles.